The molecule has 2 unspecified atom stereocenters. The van der Waals surface area contributed by atoms with Gasteiger partial charge in [0.2, 0.25) is 0 Å². The fourth-order valence-corrected chi connectivity index (χ4v) is 1.54. The molecule has 4 nitrogen and oxygen atoms in total. The van der Waals surface area contributed by atoms with Gasteiger partial charge in [-0.1, -0.05) is 30.3 Å². The van der Waals surface area contributed by atoms with Gasteiger partial charge in [-0.15, -0.1) is 0 Å². The van der Waals surface area contributed by atoms with Gasteiger partial charge in [0.05, 0.1) is 6.10 Å². The normalized spacial score (nSPS) is 17.1. The van der Waals surface area contributed by atoms with Crippen molar-refractivity contribution < 1.29 is 10.2 Å². The first-order valence-corrected chi connectivity index (χ1v) is 4.98. The first-order valence-electron chi connectivity index (χ1n) is 4.98. The Balaban J connectivity index is 2.85. The highest BCUT2D eigenvalue weighted by molar-refractivity contribution is 5.22. The maximum Gasteiger partial charge on any atom is 0.104 e. The van der Waals surface area contributed by atoms with Crippen LogP contribution in [0, 0.1) is 0 Å². The SMILES string of the molecule is NCC(O)CC(O)(CN)c1ccccc1. The molecule has 0 radical (unpaired) electrons. The lowest BCUT2D eigenvalue weighted by Crippen LogP contribution is -2.40. The van der Waals surface area contributed by atoms with Crippen LogP contribution in [0.2, 0.25) is 0 Å². The topological polar surface area (TPSA) is 92.5 Å². The van der Waals surface area contributed by atoms with Crippen molar-refractivity contribution in [3.8, 4) is 0 Å². The van der Waals surface area contributed by atoms with Crippen LogP contribution < -0.4 is 11.5 Å². The van der Waals surface area contributed by atoms with E-state index in [0.717, 1.165) is 0 Å². The molecule has 1 rings (SSSR count). The molecule has 0 heterocycles. The van der Waals surface area contributed by atoms with E-state index in [0.29, 0.717) is 5.56 Å². The number of hydrogen-bond donors (Lipinski definition) is 4. The van der Waals surface area contributed by atoms with Gasteiger partial charge in [-0.2, -0.15) is 0 Å². The van der Waals surface area contributed by atoms with Gasteiger partial charge in [0.25, 0.3) is 0 Å². The van der Waals surface area contributed by atoms with Crippen molar-refractivity contribution in [2.75, 3.05) is 13.1 Å². The molecule has 4 heteroatoms. The highest BCUT2D eigenvalue weighted by Gasteiger charge is 2.29. The fourth-order valence-electron chi connectivity index (χ4n) is 1.54. The standard InChI is InChI=1S/C11H18N2O2/c12-7-10(14)6-11(15,8-13)9-4-2-1-3-5-9/h1-5,10,14-15H,6-8,12-13H2. The summed E-state index contributed by atoms with van der Waals surface area (Å²) in [7, 11) is 0. The van der Waals surface area contributed by atoms with Crippen molar-refractivity contribution >= 4 is 0 Å². The Morgan fingerprint density at radius 3 is 2.27 bits per heavy atom. The van der Waals surface area contributed by atoms with E-state index in [9.17, 15) is 10.2 Å². The third kappa shape index (κ3) is 3.00. The number of aliphatic hydroxyl groups is 2. The molecule has 1 aromatic rings. The van der Waals surface area contributed by atoms with Gasteiger partial charge in [-0.05, 0) is 5.56 Å². The van der Waals surface area contributed by atoms with E-state index in [1.54, 1.807) is 12.1 Å². The number of aliphatic hydroxyl groups excluding tert-OH is 1. The van der Waals surface area contributed by atoms with Crippen LogP contribution in [0.4, 0.5) is 0 Å². The van der Waals surface area contributed by atoms with Gasteiger partial charge in [-0.3, -0.25) is 0 Å². The zero-order chi connectivity index (χ0) is 11.3. The van der Waals surface area contributed by atoms with Crippen molar-refractivity contribution in [1.29, 1.82) is 0 Å². The van der Waals surface area contributed by atoms with Crippen molar-refractivity contribution in [3.05, 3.63) is 35.9 Å². The van der Waals surface area contributed by atoms with Crippen LogP contribution >= 0.6 is 0 Å². The van der Waals surface area contributed by atoms with Crippen molar-refractivity contribution in [2.24, 2.45) is 11.5 Å². The van der Waals surface area contributed by atoms with Crippen molar-refractivity contribution in [3.63, 3.8) is 0 Å². The van der Waals surface area contributed by atoms with Gasteiger partial charge in [0.15, 0.2) is 0 Å². The molecule has 6 N–H and O–H groups in total. The fraction of sp³-hybridized carbons (Fsp3) is 0.455. The van der Waals surface area contributed by atoms with E-state index in [1.807, 2.05) is 18.2 Å². The van der Waals surface area contributed by atoms with E-state index >= 15 is 0 Å². The third-order valence-electron chi connectivity index (χ3n) is 2.49. The molecule has 0 aromatic heterocycles. The van der Waals surface area contributed by atoms with Crippen molar-refractivity contribution in [2.45, 2.75) is 18.1 Å². The average molecular weight is 210 g/mol. The van der Waals surface area contributed by atoms with Crippen molar-refractivity contribution in [1.82, 2.24) is 0 Å². The molecule has 2 atom stereocenters. The summed E-state index contributed by atoms with van der Waals surface area (Å²) in [6.45, 7) is 0.184. The molecule has 0 aliphatic rings. The average Bonchev–Trinajstić information content (AvgIpc) is 2.30. The second-order valence-corrected chi connectivity index (χ2v) is 3.70. The van der Waals surface area contributed by atoms with Crippen LogP contribution in [-0.4, -0.2) is 29.4 Å². The summed E-state index contributed by atoms with van der Waals surface area (Å²) >= 11 is 0. The maximum atomic E-state index is 10.3. The first-order chi connectivity index (χ1) is 7.12. The van der Waals surface area contributed by atoms with E-state index < -0.39 is 11.7 Å². The van der Waals surface area contributed by atoms with Gasteiger partial charge >= 0.3 is 0 Å². The summed E-state index contributed by atoms with van der Waals surface area (Å²) in [5, 5.41) is 19.7. The van der Waals surface area contributed by atoms with Gasteiger partial charge in [0.1, 0.15) is 5.60 Å². The van der Waals surface area contributed by atoms with Crippen LogP contribution in [0.15, 0.2) is 30.3 Å². The molecule has 0 fully saturated rings. The van der Waals surface area contributed by atoms with Crippen LogP contribution in [0.25, 0.3) is 0 Å². The second-order valence-electron chi connectivity index (χ2n) is 3.70. The van der Waals surface area contributed by atoms with Crippen LogP contribution in [-0.2, 0) is 5.60 Å². The highest BCUT2D eigenvalue weighted by Crippen LogP contribution is 2.24. The monoisotopic (exact) mass is 210 g/mol. The van der Waals surface area contributed by atoms with E-state index in [2.05, 4.69) is 0 Å². The number of rotatable bonds is 5. The zero-order valence-corrected chi connectivity index (χ0v) is 8.63. The first kappa shape index (κ1) is 12.1. The third-order valence-corrected chi connectivity index (χ3v) is 2.49. The predicted molar refractivity (Wildman–Crippen MR) is 59.1 cm³/mol. The summed E-state index contributed by atoms with van der Waals surface area (Å²) in [4.78, 5) is 0. The van der Waals surface area contributed by atoms with Gasteiger partial charge < -0.3 is 21.7 Å². The lowest BCUT2D eigenvalue weighted by atomic mass is 9.88. The summed E-state index contributed by atoms with van der Waals surface area (Å²) in [5.74, 6) is 0. The number of nitrogens with two attached hydrogens (primary N) is 2. The molecule has 15 heavy (non-hydrogen) atoms. The number of hydrogen-bond acceptors (Lipinski definition) is 4. The zero-order valence-electron chi connectivity index (χ0n) is 8.63. The largest absolute Gasteiger partial charge is 0.392 e. The van der Waals surface area contributed by atoms with Crippen LogP contribution in [0.3, 0.4) is 0 Å². The van der Waals surface area contributed by atoms with Gasteiger partial charge in [0, 0.05) is 19.5 Å². The molecule has 1 aromatic carbocycles. The van der Waals surface area contributed by atoms with E-state index in [1.165, 1.54) is 0 Å². The Morgan fingerprint density at radius 1 is 1.20 bits per heavy atom. The lowest BCUT2D eigenvalue weighted by molar-refractivity contribution is -0.00540. The van der Waals surface area contributed by atoms with Crippen LogP contribution in [0.5, 0.6) is 0 Å². The molecule has 0 saturated carbocycles. The summed E-state index contributed by atoms with van der Waals surface area (Å²) < 4.78 is 0. The van der Waals surface area contributed by atoms with Crippen LogP contribution in [0.1, 0.15) is 12.0 Å². The highest BCUT2D eigenvalue weighted by atomic mass is 16.3. The molecule has 0 spiro atoms. The minimum absolute atomic E-state index is 0.0636. The molecule has 84 valence electrons. The Labute approximate surface area is 89.5 Å². The lowest BCUT2D eigenvalue weighted by Gasteiger charge is -2.29. The smallest absolute Gasteiger partial charge is 0.104 e. The van der Waals surface area contributed by atoms with E-state index in [4.69, 9.17) is 11.5 Å². The van der Waals surface area contributed by atoms with E-state index in [-0.39, 0.29) is 19.5 Å². The molecular weight excluding hydrogens is 192 g/mol. The molecule has 0 saturated heterocycles. The number of benzene rings is 1. The molecule has 0 amide bonds. The Hall–Kier alpha value is -0.940. The Bertz CT molecular complexity index is 292. The molecule has 0 aliphatic carbocycles. The predicted octanol–water partition coefficient (Wildman–Crippen LogP) is -0.457. The minimum Gasteiger partial charge on any atom is -0.392 e. The molecule has 0 bridgehead atoms. The second kappa shape index (κ2) is 5.23. The molecule has 0 aliphatic heterocycles. The minimum atomic E-state index is -1.19. The summed E-state index contributed by atoms with van der Waals surface area (Å²) in [6.07, 6.45) is -0.581. The quantitative estimate of drug-likeness (QED) is 0.529. The van der Waals surface area contributed by atoms with Gasteiger partial charge in [-0.25, -0.2) is 0 Å². The Kier molecular flexibility index (Phi) is 4.23. The maximum absolute atomic E-state index is 10.3. The summed E-state index contributed by atoms with van der Waals surface area (Å²) in [6, 6.07) is 9.08. The molecular formula is C11H18N2O2. The summed E-state index contributed by atoms with van der Waals surface area (Å²) in [5.41, 5.74) is 10.4. The Morgan fingerprint density at radius 2 is 1.80 bits per heavy atom.